The molecule has 1 N–H and O–H groups in total. The highest BCUT2D eigenvalue weighted by Crippen LogP contribution is 2.50. The van der Waals surface area contributed by atoms with Gasteiger partial charge in [-0.25, -0.2) is 14.8 Å². The molecule has 1 aliphatic carbocycles. The molecule has 0 radical (unpaired) electrons. The van der Waals surface area contributed by atoms with Crippen LogP contribution in [0.15, 0.2) is 29.1 Å². The number of hydrogen-bond acceptors (Lipinski definition) is 4. The summed E-state index contributed by atoms with van der Waals surface area (Å²) in [6.07, 6.45) is 6.58. The van der Waals surface area contributed by atoms with Gasteiger partial charge in [-0.15, -0.1) is 0 Å². The van der Waals surface area contributed by atoms with Crippen LogP contribution in [-0.2, 0) is 4.74 Å². The fraction of sp³-hybridized carbons (Fsp3) is 0.526. The first-order valence-corrected chi connectivity index (χ1v) is 9.79. The van der Waals surface area contributed by atoms with Gasteiger partial charge in [-0.1, -0.05) is 0 Å². The zero-order valence-electron chi connectivity index (χ0n) is 15.2. The van der Waals surface area contributed by atoms with Gasteiger partial charge in [0.25, 0.3) is 0 Å². The van der Waals surface area contributed by atoms with E-state index in [4.69, 9.17) is 4.74 Å². The Morgan fingerprint density at radius 1 is 1.27 bits per heavy atom. The minimum Gasteiger partial charge on any atom is -0.444 e. The maximum atomic E-state index is 12.8. The lowest BCUT2D eigenvalue weighted by Crippen LogP contribution is -2.43. The summed E-state index contributed by atoms with van der Waals surface area (Å²) < 4.78 is 6.46. The summed E-state index contributed by atoms with van der Waals surface area (Å²) in [6, 6.07) is 4.10. The van der Waals surface area contributed by atoms with E-state index >= 15 is 0 Å². The molecule has 0 aromatic carbocycles. The third kappa shape index (κ3) is 3.24. The number of nitrogens with zero attached hydrogens (tertiary/aromatic N) is 3. The van der Waals surface area contributed by atoms with Crippen molar-refractivity contribution in [3.8, 4) is 11.3 Å². The zero-order valence-corrected chi connectivity index (χ0v) is 16.8. The highest BCUT2D eigenvalue weighted by atomic mass is 79.9. The standard InChI is InChI=1S/C19H23BrN4O2/c1-19(2,3)26-18(25)24-13-6-4-11(8-13)16(24)17-22-10-14(23-17)12-5-7-15(20)21-9-12/h5,7,9-11,13,16H,4,6,8H2,1-3H3,(H,22,23)/t11?,13?,16-/m0/s1. The smallest absolute Gasteiger partial charge is 0.411 e. The zero-order chi connectivity index (χ0) is 18.5. The molecule has 138 valence electrons. The van der Waals surface area contributed by atoms with Gasteiger partial charge in [0.15, 0.2) is 0 Å². The van der Waals surface area contributed by atoms with Crippen LogP contribution < -0.4 is 0 Å². The van der Waals surface area contributed by atoms with Gasteiger partial charge in [0, 0.05) is 17.8 Å². The van der Waals surface area contributed by atoms with Crippen LogP contribution in [0.2, 0.25) is 0 Å². The first kappa shape index (κ1) is 17.5. The normalized spacial score (nSPS) is 24.9. The third-order valence-corrected chi connectivity index (χ3v) is 5.57. The lowest BCUT2D eigenvalue weighted by molar-refractivity contribution is 0.00620. The van der Waals surface area contributed by atoms with Gasteiger partial charge in [0.1, 0.15) is 16.0 Å². The average Bonchev–Trinajstić information content (AvgIpc) is 3.28. The van der Waals surface area contributed by atoms with Crippen molar-refractivity contribution < 1.29 is 9.53 Å². The van der Waals surface area contributed by atoms with E-state index in [0.717, 1.165) is 40.9 Å². The molecule has 1 saturated carbocycles. The highest BCUT2D eigenvalue weighted by molar-refractivity contribution is 9.10. The van der Waals surface area contributed by atoms with E-state index in [-0.39, 0.29) is 18.2 Å². The monoisotopic (exact) mass is 418 g/mol. The quantitative estimate of drug-likeness (QED) is 0.717. The van der Waals surface area contributed by atoms with Crippen molar-refractivity contribution in [2.24, 2.45) is 5.92 Å². The van der Waals surface area contributed by atoms with Gasteiger partial charge in [0.05, 0.1) is 17.9 Å². The Morgan fingerprint density at radius 2 is 2.08 bits per heavy atom. The van der Waals surface area contributed by atoms with E-state index in [0.29, 0.717) is 5.92 Å². The number of hydrogen-bond donors (Lipinski definition) is 1. The number of likely N-dealkylation sites (tertiary alicyclic amines) is 1. The van der Waals surface area contributed by atoms with E-state index in [2.05, 4.69) is 30.9 Å². The molecule has 3 atom stereocenters. The Balaban J connectivity index is 1.61. The molecule has 7 heteroatoms. The molecule has 2 bridgehead atoms. The molecule has 2 fully saturated rings. The van der Waals surface area contributed by atoms with Crippen LogP contribution in [0.1, 0.15) is 51.9 Å². The van der Waals surface area contributed by atoms with Gasteiger partial charge < -0.3 is 9.72 Å². The number of rotatable bonds is 2. The predicted octanol–water partition coefficient (Wildman–Crippen LogP) is 4.69. The molecule has 4 rings (SSSR count). The van der Waals surface area contributed by atoms with Crippen LogP contribution in [0.25, 0.3) is 11.3 Å². The van der Waals surface area contributed by atoms with E-state index in [1.807, 2.05) is 44.0 Å². The Morgan fingerprint density at radius 3 is 2.77 bits per heavy atom. The summed E-state index contributed by atoms with van der Waals surface area (Å²) in [5.74, 6) is 1.27. The first-order chi connectivity index (χ1) is 12.3. The molecule has 2 aromatic heterocycles. The fourth-order valence-electron chi connectivity index (χ4n) is 4.09. The van der Waals surface area contributed by atoms with E-state index in [1.165, 1.54) is 0 Å². The number of pyridine rings is 1. The summed E-state index contributed by atoms with van der Waals surface area (Å²) in [5, 5.41) is 0. The lowest BCUT2D eigenvalue weighted by atomic mass is 9.98. The molecule has 1 saturated heterocycles. The predicted molar refractivity (Wildman–Crippen MR) is 101 cm³/mol. The molecule has 3 heterocycles. The Hall–Kier alpha value is -1.89. The number of H-pyrrole nitrogens is 1. The molecule has 2 unspecified atom stereocenters. The van der Waals surface area contributed by atoms with E-state index in [9.17, 15) is 4.79 Å². The van der Waals surface area contributed by atoms with E-state index in [1.54, 1.807) is 6.20 Å². The lowest BCUT2D eigenvalue weighted by Gasteiger charge is -2.35. The summed E-state index contributed by atoms with van der Waals surface area (Å²) in [4.78, 5) is 27.0. The molecule has 1 amide bonds. The molecule has 2 aliphatic rings. The topological polar surface area (TPSA) is 71.1 Å². The molecule has 0 spiro atoms. The number of aromatic nitrogens is 3. The average molecular weight is 419 g/mol. The number of carbonyl (C=O) groups excluding carboxylic acids is 1. The number of nitrogens with one attached hydrogen (secondary N) is 1. The second kappa shape index (κ2) is 6.37. The minimum atomic E-state index is -0.499. The Labute approximate surface area is 161 Å². The molecule has 2 aromatic rings. The van der Waals surface area contributed by atoms with Crippen molar-refractivity contribution in [2.75, 3.05) is 0 Å². The third-order valence-electron chi connectivity index (χ3n) is 5.10. The van der Waals surface area contributed by atoms with E-state index < -0.39 is 5.60 Å². The van der Waals surface area contributed by atoms with Crippen LogP contribution in [0.3, 0.4) is 0 Å². The SMILES string of the molecule is CC(C)(C)OC(=O)N1C2CCC(C2)[C@H]1c1ncc(-c2ccc(Br)nc2)[nH]1. The highest BCUT2D eigenvalue weighted by Gasteiger charge is 2.51. The van der Waals surface area contributed by atoms with Crippen molar-refractivity contribution in [3.63, 3.8) is 0 Å². The number of amides is 1. The maximum absolute atomic E-state index is 12.8. The van der Waals surface area contributed by atoms with Gasteiger partial charge >= 0.3 is 6.09 Å². The van der Waals surface area contributed by atoms with Gasteiger partial charge in [-0.3, -0.25) is 4.90 Å². The Bertz CT molecular complexity index is 812. The summed E-state index contributed by atoms with van der Waals surface area (Å²) in [5.41, 5.74) is 1.38. The summed E-state index contributed by atoms with van der Waals surface area (Å²) in [6.45, 7) is 5.71. The number of carbonyl (C=O) groups is 1. The van der Waals surface area contributed by atoms with Crippen molar-refractivity contribution in [2.45, 2.75) is 57.7 Å². The minimum absolute atomic E-state index is 0.0410. The van der Waals surface area contributed by atoms with Crippen LogP contribution >= 0.6 is 15.9 Å². The van der Waals surface area contributed by atoms with Crippen molar-refractivity contribution in [3.05, 3.63) is 35.0 Å². The van der Waals surface area contributed by atoms with Crippen LogP contribution in [0, 0.1) is 5.92 Å². The first-order valence-electron chi connectivity index (χ1n) is 9.00. The molecular formula is C19H23BrN4O2. The van der Waals surface area contributed by atoms with Crippen molar-refractivity contribution in [1.82, 2.24) is 19.9 Å². The molecule has 26 heavy (non-hydrogen) atoms. The number of halogens is 1. The van der Waals surface area contributed by atoms with Crippen LogP contribution in [0.4, 0.5) is 4.79 Å². The number of piperidine rings is 1. The van der Waals surface area contributed by atoms with Crippen molar-refractivity contribution >= 4 is 22.0 Å². The van der Waals surface area contributed by atoms with Gasteiger partial charge in [-0.05, 0) is 74.0 Å². The van der Waals surface area contributed by atoms with Crippen LogP contribution in [-0.4, -0.2) is 37.6 Å². The summed E-state index contributed by atoms with van der Waals surface area (Å²) >= 11 is 3.35. The fourth-order valence-corrected chi connectivity index (χ4v) is 4.32. The molecule has 1 aliphatic heterocycles. The van der Waals surface area contributed by atoms with Gasteiger partial charge in [0.2, 0.25) is 0 Å². The van der Waals surface area contributed by atoms with Crippen LogP contribution in [0.5, 0.6) is 0 Å². The largest absolute Gasteiger partial charge is 0.444 e. The number of ether oxygens (including phenoxy) is 1. The second-order valence-corrected chi connectivity index (χ2v) is 8.92. The number of aromatic amines is 1. The van der Waals surface area contributed by atoms with Crippen molar-refractivity contribution in [1.29, 1.82) is 0 Å². The maximum Gasteiger partial charge on any atom is 0.411 e. The molecule has 6 nitrogen and oxygen atoms in total. The number of fused-ring (bicyclic) bond motifs is 2. The van der Waals surface area contributed by atoms with Gasteiger partial charge in [-0.2, -0.15) is 0 Å². The Kier molecular flexibility index (Phi) is 4.29. The number of imidazole rings is 1. The second-order valence-electron chi connectivity index (χ2n) is 8.11. The molecular weight excluding hydrogens is 396 g/mol. The summed E-state index contributed by atoms with van der Waals surface area (Å²) in [7, 11) is 0.